The van der Waals surface area contributed by atoms with Crippen LogP contribution >= 0.6 is 23.5 Å². The van der Waals surface area contributed by atoms with Crippen LogP contribution in [0.1, 0.15) is 42.0 Å². The number of amides is 1. The van der Waals surface area contributed by atoms with Gasteiger partial charge in [-0.1, -0.05) is 27.7 Å². The van der Waals surface area contributed by atoms with Crippen LogP contribution in [0.25, 0.3) is 0 Å². The van der Waals surface area contributed by atoms with Crippen molar-refractivity contribution in [3.05, 3.63) is 0 Å². The van der Waals surface area contributed by atoms with Crippen molar-refractivity contribution in [3.63, 3.8) is 0 Å². The fourth-order valence-corrected chi connectivity index (χ4v) is 5.47. The lowest BCUT2D eigenvalue weighted by Crippen LogP contribution is -2.53. The summed E-state index contributed by atoms with van der Waals surface area (Å²) < 4.78 is 0.129. The first-order chi connectivity index (χ1) is 9.12. The number of piperidine rings is 1. The molecule has 2 saturated heterocycles. The molecule has 1 amide bonds. The fraction of sp³-hybridized carbons (Fsp3) is 0.857. The first-order valence-corrected chi connectivity index (χ1v) is 8.82. The van der Waals surface area contributed by atoms with E-state index in [2.05, 4.69) is 13.8 Å². The Morgan fingerprint density at radius 2 is 2.00 bits per heavy atom. The number of carbonyl (C=O) groups excluding carboxylic acids is 2. The minimum absolute atomic E-state index is 0. The minimum atomic E-state index is -0.261. The van der Waals surface area contributed by atoms with Crippen LogP contribution in [-0.4, -0.2) is 51.8 Å². The van der Waals surface area contributed by atoms with Gasteiger partial charge in [-0.05, 0) is 12.8 Å². The summed E-state index contributed by atoms with van der Waals surface area (Å²) in [5.41, 5.74) is 5.39. The molecule has 2 aliphatic rings. The molecule has 2 aliphatic heterocycles. The molecule has 0 aromatic rings. The Labute approximate surface area is 133 Å². The highest BCUT2D eigenvalue weighted by Gasteiger charge is 2.44. The maximum Gasteiger partial charge on any atom is 0.236 e. The molecule has 2 N–H and O–H groups in total. The molecule has 1 atom stereocenters. The van der Waals surface area contributed by atoms with E-state index >= 15 is 0 Å². The lowest BCUT2D eigenvalue weighted by molar-refractivity contribution is -0.136. The SMILES string of the molecule is C.CCC.NCC(=O)N1CC2(CC[C@H]1C=O)SCCS2.[HH]. The van der Waals surface area contributed by atoms with Crippen molar-refractivity contribution >= 4 is 35.7 Å². The third-order valence-electron chi connectivity index (χ3n) is 3.10. The first kappa shape index (κ1) is 19.8. The molecule has 0 aliphatic carbocycles. The standard InChI is InChI=1S/C10H16N2O2S2.C3H8.CH4.H2/c11-5-9(14)12-7-10(15-3-4-16-10)2-1-8(12)6-13;1-3-2;;/h6,8H,1-5,7,11H2;3H2,1-2H3;1H4;1H/t8-;;;/m0.../s1. The number of carbonyl (C=O) groups is 2. The van der Waals surface area contributed by atoms with E-state index < -0.39 is 0 Å². The summed E-state index contributed by atoms with van der Waals surface area (Å²) in [7, 11) is 0. The normalized spacial score (nSPS) is 23.6. The number of hydrogen-bond donors (Lipinski definition) is 1. The molecule has 2 heterocycles. The fourth-order valence-electron chi connectivity index (χ4n) is 2.24. The molecule has 20 heavy (non-hydrogen) atoms. The molecular weight excluding hydrogens is 292 g/mol. The molecule has 1 spiro atoms. The van der Waals surface area contributed by atoms with Gasteiger partial charge in [-0.3, -0.25) is 4.79 Å². The van der Waals surface area contributed by atoms with Crippen LogP contribution in [0.15, 0.2) is 0 Å². The maximum atomic E-state index is 11.7. The average molecular weight is 323 g/mol. The van der Waals surface area contributed by atoms with Crippen molar-refractivity contribution < 1.29 is 11.0 Å². The number of nitrogens with zero attached hydrogens (tertiary/aromatic N) is 1. The van der Waals surface area contributed by atoms with Gasteiger partial charge in [0, 0.05) is 19.5 Å². The maximum absolute atomic E-state index is 11.7. The predicted octanol–water partition coefficient (Wildman–Crippen LogP) is 2.61. The van der Waals surface area contributed by atoms with Gasteiger partial charge in [-0.2, -0.15) is 0 Å². The van der Waals surface area contributed by atoms with E-state index in [1.165, 1.54) is 6.42 Å². The predicted molar refractivity (Wildman–Crippen MR) is 92.3 cm³/mol. The van der Waals surface area contributed by atoms with E-state index in [1.807, 2.05) is 23.5 Å². The van der Waals surface area contributed by atoms with Gasteiger partial charge in [-0.15, -0.1) is 23.5 Å². The number of nitrogens with two attached hydrogens (primary N) is 1. The third kappa shape index (κ3) is 4.97. The highest BCUT2D eigenvalue weighted by Crippen LogP contribution is 2.50. The summed E-state index contributed by atoms with van der Waals surface area (Å²) in [5.74, 6) is 2.17. The Hall–Kier alpha value is -0.200. The third-order valence-corrected chi connectivity index (χ3v) is 6.60. The molecule has 120 valence electrons. The van der Waals surface area contributed by atoms with Gasteiger partial charge in [0.05, 0.1) is 16.7 Å². The van der Waals surface area contributed by atoms with Crippen molar-refractivity contribution in [2.45, 2.75) is 50.7 Å². The Morgan fingerprint density at radius 3 is 2.45 bits per heavy atom. The van der Waals surface area contributed by atoms with E-state index in [0.29, 0.717) is 6.54 Å². The van der Waals surface area contributed by atoms with Crippen molar-refractivity contribution in [1.82, 2.24) is 4.90 Å². The molecule has 0 unspecified atom stereocenters. The Kier molecular flexibility index (Phi) is 9.59. The summed E-state index contributed by atoms with van der Waals surface area (Å²) in [4.78, 5) is 24.3. The monoisotopic (exact) mass is 322 g/mol. The zero-order chi connectivity index (χ0) is 14.3. The molecular formula is C14H30N2O2S2. The number of thioether (sulfide) groups is 2. The second-order valence-corrected chi connectivity index (χ2v) is 8.00. The second kappa shape index (κ2) is 9.68. The molecule has 0 radical (unpaired) electrons. The summed E-state index contributed by atoms with van der Waals surface area (Å²) in [6.45, 7) is 4.91. The molecule has 4 nitrogen and oxygen atoms in total. The van der Waals surface area contributed by atoms with E-state index in [1.54, 1.807) is 4.90 Å². The van der Waals surface area contributed by atoms with E-state index in [-0.39, 0.29) is 31.4 Å². The van der Waals surface area contributed by atoms with Crippen molar-refractivity contribution in [1.29, 1.82) is 0 Å². The van der Waals surface area contributed by atoms with Gasteiger partial charge in [0.15, 0.2) is 0 Å². The van der Waals surface area contributed by atoms with Crippen LogP contribution in [0.5, 0.6) is 0 Å². The van der Waals surface area contributed by atoms with Gasteiger partial charge < -0.3 is 15.4 Å². The molecule has 0 saturated carbocycles. The van der Waals surface area contributed by atoms with Gasteiger partial charge in [0.1, 0.15) is 6.29 Å². The van der Waals surface area contributed by atoms with Crippen LogP contribution in [-0.2, 0) is 9.59 Å². The van der Waals surface area contributed by atoms with Gasteiger partial charge in [0.2, 0.25) is 5.91 Å². The van der Waals surface area contributed by atoms with Crippen LogP contribution in [0.4, 0.5) is 0 Å². The van der Waals surface area contributed by atoms with Crippen molar-refractivity contribution in [3.8, 4) is 0 Å². The van der Waals surface area contributed by atoms with Gasteiger partial charge in [0.25, 0.3) is 0 Å². The Bertz CT molecular complexity index is 313. The minimum Gasteiger partial charge on any atom is -0.330 e. The number of hydrogen-bond acceptors (Lipinski definition) is 5. The number of likely N-dealkylation sites (tertiary alicyclic amines) is 1. The summed E-state index contributed by atoms with van der Waals surface area (Å²) in [6, 6.07) is -0.261. The van der Waals surface area contributed by atoms with Gasteiger partial charge in [-0.25, -0.2) is 0 Å². The summed E-state index contributed by atoms with van der Waals surface area (Å²) in [6.07, 6.45) is 3.92. The zero-order valence-electron chi connectivity index (χ0n) is 11.8. The van der Waals surface area contributed by atoms with E-state index in [9.17, 15) is 9.59 Å². The molecule has 2 rings (SSSR count). The smallest absolute Gasteiger partial charge is 0.236 e. The average Bonchev–Trinajstić information content (AvgIpc) is 2.87. The molecule has 0 bridgehead atoms. The first-order valence-electron chi connectivity index (χ1n) is 6.85. The molecule has 6 heteroatoms. The van der Waals surface area contributed by atoms with E-state index in [0.717, 1.165) is 30.6 Å². The largest absolute Gasteiger partial charge is 0.330 e. The second-order valence-electron chi connectivity index (χ2n) is 4.78. The summed E-state index contributed by atoms with van der Waals surface area (Å²) >= 11 is 3.84. The Balaban J connectivity index is 0. The van der Waals surface area contributed by atoms with Crippen LogP contribution in [0, 0.1) is 0 Å². The van der Waals surface area contributed by atoms with Crippen LogP contribution < -0.4 is 5.73 Å². The van der Waals surface area contributed by atoms with Crippen molar-refractivity contribution in [2.24, 2.45) is 5.73 Å². The van der Waals surface area contributed by atoms with Gasteiger partial charge >= 0.3 is 0 Å². The van der Waals surface area contributed by atoms with E-state index in [4.69, 9.17) is 5.73 Å². The Morgan fingerprint density at radius 1 is 1.45 bits per heavy atom. The molecule has 0 aromatic carbocycles. The topological polar surface area (TPSA) is 63.4 Å². The summed E-state index contributed by atoms with van der Waals surface area (Å²) in [5, 5.41) is 0. The number of aldehydes is 1. The highest BCUT2D eigenvalue weighted by molar-refractivity contribution is 8.21. The lowest BCUT2D eigenvalue weighted by Gasteiger charge is -2.42. The van der Waals surface area contributed by atoms with Crippen LogP contribution in [0.2, 0.25) is 0 Å². The zero-order valence-corrected chi connectivity index (χ0v) is 13.4. The van der Waals surface area contributed by atoms with Crippen molar-refractivity contribution in [2.75, 3.05) is 24.6 Å². The quantitative estimate of drug-likeness (QED) is 0.792. The lowest BCUT2D eigenvalue weighted by atomic mass is 10.0. The number of rotatable bonds is 2. The molecule has 2 fully saturated rings. The molecule has 0 aromatic heterocycles. The van der Waals surface area contributed by atoms with Crippen LogP contribution in [0.3, 0.4) is 0 Å². The highest BCUT2D eigenvalue weighted by atomic mass is 32.2.